The Morgan fingerprint density at radius 2 is 2.00 bits per heavy atom. The van der Waals surface area contributed by atoms with E-state index in [1.165, 1.54) is 17.0 Å². The molecular weight excluding hydrogens is 463 g/mol. The van der Waals surface area contributed by atoms with E-state index >= 15 is 0 Å². The van der Waals surface area contributed by atoms with Gasteiger partial charge in [-0.1, -0.05) is 25.6 Å². The van der Waals surface area contributed by atoms with Crippen molar-refractivity contribution in [3.63, 3.8) is 0 Å². The number of carbonyl (C=O) groups is 1. The van der Waals surface area contributed by atoms with Crippen LogP contribution in [0.25, 0.3) is 22.0 Å². The SMILES string of the molecule is COc1cc(C#C[Si](C)(C)C)ccc1-c1nnc(NC2CCCN(C(=O)O)C2)c2cc(F)ccc12. The Balaban J connectivity index is 1.73. The minimum absolute atomic E-state index is 0.134. The number of piperidine rings is 1. The van der Waals surface area contributed by atoms with E-state index in [-0.39, 0.29) is 11.9 Å². The predicted octanol–water partition coefficient (Wildman–Crippen LogP) is 5.23. The van der Waals surface area contributed by atoms with Gasteiger partial charge < -0.3 is 20.1 Å². The molecule has 182 valence electrons. The van der Waals surface area contributed by atoms with Crippen LogP contribution in [0.4, 0.5) is 15.0 Å². The molecule has 9 heteroatoms. The number of methoxy groups -OCH3 is 1. The molecule has 1 amide bonds. The van der Waals surface area contributed by atoms with Gasteiger partial charge in [-0.3, -0.25) is 0 Å². The van der Waals surface area contributed by atoms with E-state index in [4.69, 9.17) is 4.74 Å². The van der Waals surface area contributed by atoms with E-state index in [0.717, 1.165) is 24.0 Å². The molecule has 1 aromatic heterocycles. The zero-order valence-corrected chi connectivity index (χ0v) is 21.4. The molecule has 3 aromatic rings. The average Bonchev–Trinajstić information content (AvgIpc) is 2.82. The van der Waals surface area contributed by atoms with Gasteiger partial charge in [-0.15, -0.1) is 15.7 Å². The molecule has 1 unspecified atom stereocenters. The number of hydrogen-bond acceptors (Lipinski definition) is 5. The third kappa shape index (κ3) is 5.71. The van der Waals surface area contributed by atoms with Crippen molar-refractivity contribution < 1.29 is 19.0 Å². The predicted molar refractivity (Wildman–Crippen MR) is 138 cm³/mol. The number of amides is 1. The van der Waals surface area contributed by atoms with Gasteiger partial charge in [0.1, 0.15) is 25.3 Å². The molecule has 2 heterocycles. The molecule has 0 spiro atoms. The topological polar surface area (TPSA) is 87.6 Å². The van der Waals surface area contributed by atoms with Crippen molar-refractivity contribution in [1.82, 2.24) is 15.1 Å². The fourth-order valence-corrected chi connectivity index (χ4v) is 4.64. The molecule has 0 bridgehead atoms. The Bertz CT molecular complexity index is 1330. The highest BCUT2D eigenvalue weighted by Crippen LogP contribution is 2.36. The maximum Gasteiger partial charge on any atom is 0.407 e. The molecule has 1 atom stereocenters. The summed E-state index contributed by atoms with van der Waals surface area (Å²) < 4.78 is 19.9. The summed E-state index contributed by atoms with van der Waals surface area (Å²) in [6.07, 6.45) is 0.586. The van der Waals surface area contributed by atoms with Gasteiger partial charge in [0.15, 0.2) is 5.82 Å². The summed E-state index contributed by atoms with van der Waals surface area (Å²) >= 11 is 0. The normalized spacial score (nSPS) is 15.9. The second kappa shape index (κ2) is 9.92. The molecule has 2 aromatic carbocycles. The lowest BCUT2D eigenvalue weighted by molar-refractivity contribution is 0.133. The highest BCUT2D eigenvalue weighted by Gasteiger charge is 2.24. The fourth-order valence-electron chi connectivity index (χ4n) is 4.12. The largest absolute Gasteiger partial charge is 0.496 e. The van der Waals surface area contributed by atoms with Gasteiger partial charge in [-0.2, -0.15) is 0 Å². The van der Waals surface area contributed by atoms with Crippen LogP contribution >= 0.6 is 0 Å². The van der Waals surface area contributed by atoms with Gasteiger partial charge in [0.25, 0.3) is 0 Å². The molecule has 7 nitrogen and oxygen atoms in total. The first-order valence-electron chi connectivity index (χ1n) is 11.6. The van der Waals surface area contributed by atoms with Crippen LogP contribution < -0.4 is 10.1 Å². The van der Waals surface area contributed by atoms with Crippen LogP contribution in [0.5, 0.6) is 5.75 Å². The number of nitrogens with zero attached hydrogens (tertiary/aromatic N) is 3. The summed E-state index contributed by atoms with van der Waals surface area (Å²) in [6.45, 7) is 7.41. The molecule has 0 radical (unpaired) electrons. The zero-order valence-electron chi connectivity index (χ0n) is 20.4. The number of fused-ring (bicyclic) bond motifs is 1. The lowest BCUT2D eigenvalue weighted by atomic mass is 10.0. The molecular formula is C26H29FN4O3Si. The Kier molecular flexibility index (Phi) is 6.94. The lowest BCUT2D eigenvalue weighted by Crippen LogP contribution is -2.44. The lowest BCUT2D eigenvalue weighted by Gasteiger charge is -2.31. The van der Waals surface area contributed by atoms with Crippen molar-refractivity contribution in [2.45, 2.75) is 38.5 Å². The van der Waals surface area contributed by atoms with Crippen LogP contribution in [-0.4, -0.2) is 60.6 Å². The van der Waals surface area contributed by atoms with Crippen molar-refractivity contribution in [3.05, 3.63) is 47.8 Å². The maximum atomic E-state index is 14.3. The third-order valence-corrected chi connectivity index (χ3v) is 6.69. The monoisotopic (exact) mass is 492 g/mol. The molecule has 2 N–H and O–H groups in total. The number of aromatic nitrogens is 2. The van der Waals surface area contributed by atoms with E-state index in [0.29, 0.717) is 41.1 Å². The summed E-state index contributed by atoms with van der Waals surface area (Å²) in [6, 6.07) is 10.1. The van der Waals surface area contributed by atoms with Gasteiger partial charge in [0.05, 0.1) is 7.11 Å². The standard InChI is InChI=1S/C26H29FN4O3Si/c1-34-23-14-17(11-13-35(2,3)4)7-9-21(23)24-20-10-8-18(27)15-22(20)25(30-29-24)28-19-6-5-12-31(16-19)26(32)33/h7-10,14-15,19H,5-6,12,16H2,1-4H3,(H,28,30)(H,32,33). The number of halogens is 1. The minimum atomic E-state index is -1.52. The first kappa shape index (κ1) is 24.5. The Labute approximate surface area is 205 Å². The summed E-state index contributed by atoms with van der Waals surface area (Å²) in [7, 11) is 0.0695. The smallest absolute Gasteiger partial charge is 0.407 e. The van der Waals surface area contributed by atoms with Crippen molar-refractivity contribution in [1.29, 1.82) is 0 Å². The molecule has 1 saturated heterocycles. The molecule has 1 aliphatic heterocycles. The highest BCUT2D eigenvalue weighted by atomic mass is 28.3. The highest BCUT2D eigenvalue weighted by molar-refractivity contribution is 6.83. The van der Waals surface area contributed by atoms with Gasteiger partial charge in [-0.05, 0) is 49.2 Å². The number of carboxylic acid groups (broad SMARTS) is 1. The number of rotatable bonds is 4. The molecule has 35 heavy (non-hydrogen) atoms. The van der Waals surface area contributed by atoms with Crippen LogP contribution in [0.15, 0.2) is 36.4 Å². The first-order valence-corrected chi connectivity index (χ1v) is 15.1. The number of nitrogens with one attached hydrogen (secondary N) is 1. The summed E-state index contributed by atoms with van der Waals surface area (Å²) in [5, 5.41) is 22.8. The molecule has 1 fully saturated rings. The molecule has 1 aliphatic rings. The van der Waals surface area contributed by atoms with Gasteiger partial charge in [0.2, 0.25) is 0 Å². The van der Waals surface area contributed by atoms with E-state index in [1.54, 1.807) is 13.2 Å². The number of hydrogen-bond donors (Lipinski definition) is 2. The fraction of sp³-hybridized carbons (Fsp3) is 0.346. The van der Waals surface area contributed by atoms with Gasteiger partial charge in [-0.25, -0.2) is 9.18 Å². The van der Waals surface area contributed by atoms with Crippen LogP contribution in [0.1, 0.15) is 18.4 Å². The second-order valence-corrected chi connectivity index (χ2v) is 14.5. The first-order chi connectivity index (χ1) is 16.6. The number of benzene rings is 2. The second-order valence-electron chi connectivity index (χ2n) is 9.71. The van der Waals surface area contributed by atoms with Crippen LogP contribution in [0.2, 0.25) is 19.6 Å². The number of anilines is 1. The van der Waals surface area contributed by atoms with Crippen molar-refractivity contribution in [2.24, 2.45) is 0 Å². The van der Waals surface area contributed by atoms with Crippen LogP contribution in [-0.2, 0) is 0 Å². The maximum absolute atomic E-state index is 14.3. The number of likely N-dealkylation sites (tertiary alicyclic amines) is 1. The molecule has 0 aliphatic carbocycles. The van der Waals surface area contributed by atoms with Crippen molar-refractivity contribution in [2.75, 3.05) is 25.5 Å². The van der Waals surface area contributed by atoms with Crippen molar-refractivity contribution in [3.8, 4) is 28.5 Å². The summed E-state index contributed by atoms with van der Waals surface area (Å²) in [5.74, 6) is 3.89. The summed E-state index contributed by atoms with van der Waals surface area (Å²) in [5.41, 5.74) is 5.52. The Hall–Kier alpha value is -3.64. The quantitative estimate of drug-likeness (QED) is 0.383. The van der Waals surface area contributed by atoms with Crippen LogP contribution in [0.3, 0.4) is 0 Å². The third-order valence-electron chi connectivity index (χ3n) is 5.81. The van der Waals surface area contributed by atoms with Crippen molar-refractivity contribution >= 4 is 30.8 Å². The van der Waals surface area contributed by atoms with E-state index in [1.807, 2.05) is 18.2 Å². The van der Waals surface area contributed by atoms with Crippen LogP contribution in [0, 0.1) is 17.3 Å². The van der Waals surface area contributed by atoms with E-state index < -0.39 is 14.2 Å². The number of ether oxygens (including phenoxy) is 1. The zero-order chi connectivity index (χ0) is 25.2. The van der Waals surface area contributed by atoms with Gasteiger partial charge in [0, 0.05) is 41.0 Å². The van der Waals surface area contributed by atoms with E-state index in [2.05, 4.69) is 46.6 Å². The molecule has 4 rings (SSSR count). The minimum Gasteiger partial charge on any atom is -0.496 e. The van der Waals surface area contributed by atoms with Gasteiger partial charge >= 0.3 is 6.09 Å². The molecule has 0 saturated carbocycles. The van der Waals surface area contributed by atoms with E-state index in [9.17, 15) is 14.3 Å². The Morgan fingerprint density at radius 3 is 2.71 bits per heavy atom. The Morgan fingerprint density at radius 1 is 1.20 bits per heavy atom. The summed E-state index contributed by atoms with van der Waals surface area (Å²) in [4.78, 5) is 12.8. The average molecular weight is 493 g/mol.